The molecule has 0 bridgehead atoms. The molecule has 3 rings (SSSR count). The van der Waals surface area contributed by atoms with Crippen molar-refractivity contribution in [3.8, 4) is 0 Å². The third-order valence-corrected chi connectivity index (χ3v) is 6.98. The molecule has 7 nitrogen and oxygen atoms in total. The molecule has 30 heavy (non-hydrogen) atoms. The van der Waals surface area contributed by atoms with E-state index in [1.165, 1.54) is 34.1 Å². The molecule has 0 atom stereocenters. The first-order chi connectivity index (χ1) is 14.2. The van der Waals surface area contributed by atoms with Crippen LogP contribution in [-0.2, 0) is 23.1 Å². The zero-order valence-corrected chi connectivity index (χ0v) is 18.0. The van der Waals surface area contributed by atoms with Gasteiger partial charge in [0.2, 0.25) is 10.0 Å². The Bertz CT molecular complexity index is 1120. The number of benzene rings is 2. The van der Waals surface area contributed by atoms with Crippen molar-refractivity contribution >= 4 is 15.7 Å². The highest BCUT2D eigenvalue weighted by molar-refractivity contribution is 7.89. The number of nitro groups is 1. The van der Waals surface area contributed by atoms with Gasteiger partial charge >= 0.3 is 0 Å². The minimum absolute atomic E-state index is 0.0402. The summed E-state index contributed by atoms with van der Waals surface area (Å²) in [5, 5.41) is 10.9. The van der Waals surface area contributed by atoms with Crippen molar-refractivity contribution < 1.29 is 13.3 Å². The summed E-state index contributed by atoms with van der Waals surface area (Å²) in [5.74, 6) is 0. The second-order valence-corrected chi connectivity index (χ2v) is 9.40. The summed E-state index contributed by atoms with van der Waals surface area (Å²) in [6, 6.07) is 16.8. The highest BCUT2D eigenvalue weighted by Gasteiger charge is 2.28. The van der Waals surface area contributed by atoms with Crippen LogP contribution in [0.25, 0.3) is 0 Å². The third kappa shape index (κ3) is 4.77. The van der Waals surface area contributed by atoms with Crippen molar-refractivity contribution in [2.45, 2.75) is 44.8 Å². The summed E-state index contributed by atoms with van der Waals surface area (Å²) in [6.45, 7) is 6.52. The zero-order valence-electron chi connectivity index (χ0n) is 17.2. The topological polar surface area (TPSA) is 85.5 Å². The molecule has 0 radical (unpaired) electrons. The highest BCUT2D eigenvalue weighted by atomic mass is 32.2. The second-order valence-electron chi connectivity index (χ2n) is 7.51. The fraction of sp³-hybridized carbons (Fsp3) is 0.273. The molecule has 0 unspecified atom stereocenters. The van der Waals surface area contributed by atoms with Crippen molar-refractivity contribution in [2.75, 3.05) is 0 Å². The van der Waals surface area contributed by atoms with E-state index in [1.54, 1.807) is 0 Å². The van der Waals surface area contributed by atoms with Gasteiger partial charge in [-0.15, -0.1) is 0 Å². The fourth-order valence-electron chi connectivity index (χ4n) is 3.22. The van der Waals surface area contributed by atoms with Crippen LogP contribution in [0.2, 0.25) is 0 Å². The van der Waals surface area contributed by atoms with Gasteiger partial charge in [-0.2, -0.15) is 4.31 Å². The second kappa shape index (κ2) is 8.81. The number of nitrogens with zero attached hydrogens (tertiary/aromatic N) is 3. The van der Waals surface area contributed by atoms with E-state index in [2.05, 4.69) is 24.3 Å². The van der Waals surface area contributed by atoms with Gasteiger partial charge in [-0.05, 0) is 50.6 Å². The Morgan fingerprint density at radius 2 is 1.67 bits per heavy atom. The van der Waals surface area contributed by atoms with Crippen LogP contribution >= 0.6 is 0 Å². The summed E-state index contributed by atoms with van der Waals surface area (Å²) in [7, 11) is -3.82. The molecule has 0 saturated carbocycles. The Hall–Kier alpha value is -2.97. The quantitative estimate of drug-likeness (QED) is 0.395. The minimum atomic E-state index is -3.82. The Morgan fingerprint density at radius 1 is 1.03 bits per heavy atom. The number of rotatable bonds is 8. The first-order valence-corrected chi connectivity index (χ1v) is 11.1. The maximum Gasteiger partial charge on any atom is 0.269 e. The van der Waals surface area contributed by atoms with Crippen molar-refractivity contribution in [3.63, 3.8) is 0 Å². The predicted molar refractivity (Wildman–Crippen MR) is 116 cm³/mol. The minimum Gasteiger partial charge on any atom is -0.346 e. The summed E-state index contributed by atoms with van der Waals surface area (Å²) >= 11 is 0. The molecular formula is C22H25N3O4S. The van der Waals surface area contributed by atoms with Crippen LogP contribution in [0, 0.1) is 17.0 Å². The molecule has 1 heterocycles. The molecule has 0 fully saturated rings. The largest absolute Gasteiger partial charge is 0.346 e. The van der Waals surface area contributed by atoms with Gasteiger partial charge < -0.3 is 4.57 Å². The number of aromatic nitrogens is 1. The molecule has 0 N–H and O–H groups in total. The van der Waals surface area contributed by atoms with Crippen molar-refractivity contribution in [3.05, 3.63) is 93.8 Å². The van der Waals surface area contributed by atoms with Gasteiger partial charge in [0.1, 0.15) is 0 Å². The van der Waals surface area contributed by atoms with Gasteiger partial charge in [-0.25, -0.2) is 8.42 Å². The van der Waals surface area contributed by atoms with Crippen LogP contribution in [0.1, 0.15) is 30.7 Å². The molecule has 158 valence electrons. The molecule has 0 aliphatic heterocycles. The van der Waals surface area contributed by atoms with Crippen LogP contribution in [-0.4, -0.2) is 28.3 Å². The molecule has 0 amide bonds. The first-order valence-electron chi connectivity index (χ1n) is 9.64. The maximum atomic E-state index is 13.2. The summed E-state index contributed by atoms with van der Waals surface area (Å²) in [5.41, 5.74) is 3.05. The van der Waals surface area contributed by atoms with Gasteiger partial charge in [0.05, 0.1) is 16.4 Å². The van der Waals surface area contributed by atoms with E-state index >= 15 is 0 Å². The monoisotopic (exact) mass is 427 g/mol. The normalized spacial score (nSPS) is 11.9. The molecule has 8 heteroatoms. The lowest BCUT2D eigenvalue weighted by atomic mass is 10.1. The van der Waals surface area contributed by atoms with E-state index in [4.69, 9.17) is 0 Å². The molecular weight excluding hydrogens is 402 g/mol. The molecule has 3 aromatic rings. The zero-order chi connectivity index (χ0) is 21.9. The number of hydrogen-bond acceptors (Lipinski definition) is 4. The molecule has 1 aromatic heterocycles. The smallest absolute Gasteiger partial charge is 0.269 e. The fourth-order valence-corrected chi connectivity index (χ4v) is 4.83. The number of aryl methyl sites for hydroxylation is 1. The molecule has 0 aliphatic carbocycles. The van der Waals surface area contributed by atoms with Crippen molar-refractivity contribution in [1.82, 2.24) is 8.87 Å². The van der Waals surface area contributed by atoms with Crippen LogP contribution in [0.5, 0.6) is 0 Å². The Labute approximate surface area is 176 Å². The van der Waals surface area contributed by atoms with E-state index in [0.717, 1.165) is 11.3 Å². The van der Waals surface area contributed by atoms with Gasteiger partial charge in [-0.3, -0.25) is 10.1 Å². The van der Waals surface area contributed by atoms with E-state index in [9.17, 15) is 18.5 Å². The Balaban J connectivity index is 1.86. The van der Waals surface area contributed by atoms with E-state index in [-0.39, 0.29) is 23.2 Å². The average Bonchev–Trinajstić information content (AvgIpc) is 3.14. The number of nitro benzene ring substituents is 1. The number of sulfonamides is 1. The van der Waals surface area contributed by atoms with Gasteiger partial charge in [0.25, 0.3) is 5.69 Å². The number of non-ortho nitro benzene ring substituents is 1. The van der Waals surface area contributed by atoms with Crippen LogP contribution < -0.4 is 0 Å². The SMILES string of the molecule is Cc1ccc(Cn2cccc2CN(C(C)C)S(=O)(=O)c2ccc([N+](=O)[O-])cc2)cc1. The van der Waals surface area contributed by atoms with E-state index in [0.29, 0.717) is 6.54 Å². The average molecular weight is 428 g/mol. The molecule has 0 aliphatic rings. The van der Waals surface area contributed by atoms with Crippen molar-refractivity contribution in [2.24, 2.45) is 0 Å². The molecule has 0 saturated heterocycles. The lowest BCUT2D eigenvalue weighted by Crippen LogP contribution is -2.37. The summed E-state index contributed by atoms with van der Waals surface area (Å²) in [4.78, 5) is 10.4. The first kappa shape index (κ1) is 21.7. The molecule has 0 spiro atoms. The van der Waals surface area contributed by atoms with Crippen LogP contribution in [0.3, 0.4) is 0 Å². The van der Waals surface area contributed by atoms with E-state index < -0.39 is 14.9 Å². The molecule has 2 aromatic carbocycles. The maximum absolute atomic E-state index is 13.2. The summed E-state index contributed by atoms with van der Waals surface area (Å²) < 4.78 is 29.9. The van der Waals surface area contributed by atoms with Crippen molar-refractivity contribution in [1.29, 1.82) is 0 Å². The van der Waals surface area contributed by atoms with Gasteiger partial charge in [0.15, 0.2) is 0 Å². The predicted octanol–water partition coefficient (Wildman–Crippen LogP) is 4.35. The number of hydrogen-bond donors (Lipinski definition) is 0. The van der Waals surface area contributed by atoms with Crippen LogP contribution in [0.4, 0.5) is 5.69 Å². The van der Waals surface area contributed by atoms with E-state index in [1.807, 2.05) is 43.7 Å². The lowest BCUT2D eigenvalue weighted by molar-refractivity contribution is -0.384. The Morgan fingerprint density at radius 3 is 2.23 bits per heavy atom. The van der Waals surface area contributed by atoms with Gasteiger partial charge in [-0.1, -0.05) is 29.8 Å². The van der Waals surface area contributed by atoms with Gasteiger partial charge in [0, 0.05) is 36.6 Å². The van der Waals surface area contributed by atoms with Crippen LogP contribution in [0.15, 0.2) is 71.8 Å². The summed E-state index contributed by atoms with van der Waals surface area (Å²) in [6.07, 6.45) is 1.94. The lowest BCUT2D eigenvalue weighted by Gasteiger charge is -2.26. The third-order valence-electron chi connectivity index (χ3n) is 4.94. The highest BCUT2D eigenvalue weighted by Crippen LogP contribution is 2.24. The Kier molecular flexibility index (Phi) is 6.38. The standard InChI is InChI=1S/C22H25N3O4S/c1-17(2)24(30(28,29)22-12-10-20(11-13-22)25(26)27)16-21-5-4-14-23(21)15-19-8-6-18(3)7-9-19/h4-14,17H,15-16H2,1-3H3.